The summed E-state index contributed by atoms with van der Waals surface area (Å²) in [5.41, 5.74) is 0. The zero-order valence-corrected chi connectivity index (χ0v) is 12.8. The zero-order chi connectivity index (χ0) is 15.2. The fourth-order valence-corrected chi connectivity index (χ4v) is 2.54. The number of carboxylic acid groups (broad SMARTS) is 1. The molecule has 0 saturated heterocycles. The van der Waals surface area contributed by atoms with Crippen LogP contribution in [0.1, 0.15) is 30.9 Å². The van der Waals surface area contributed by atoms with Gasteiger partial charge < -0.3 is 14.2 Å². The maximum Gasteiger partial charge on any atom is 0.313 e. The minimum atomic E-state index is -0.876. The van der Waals surface area contributed by atoms with Gasteiger partial charge in [-0.05, 0) is 13.3 Å². The van der Waals surface area contributed by atoms with Crippen LogP contribution >= 0.6 is 11.8 Å². The largest absolute Gasteiger partial charge is 0.481 e. The Morgan fingerprint density at radius 1 is 1.38 bits per heavy atom. The number of hydrogen-bond acceptors (Lipinski definition) is 7. The van der Waals surface area contributed by atoms with E-state index in [-0.39, 0.29) is 5.75 Å². The van der Waals surface area contributed by atoms with Crippen LogP contribution in [0.25, 0.3) is 0 Å². The van der Waals surface area contributed by atoms with E-state index in [1.54, 1.807) is 6.92 Å². The number of carbonyl (C=O) groups is 1. The van der Waals surface area contributed by atoms with Crippen molar-refractivity contribution in [1.29, 1.82) is 0 Å². The highest BCUT2D eigenvalue weighted by Gasteiger charge is 2.14. The Balaban J connectivity index is 2.09. The molecule has 2 heterocycles. The van der Waals surface area contributed by atoms with Gasteiger partial charge in [-0.15, -0.1) is 10.2 Å². The molecule has 0 bridgehead atoms. The van der Waals surface area contributed by atoms with Crippen molar-refractivity contribution in [3.05, 3.63) is 17.5 Å². The number of rotatable bonds is 8. The standard InChI is InChI=1S/C12H17N5O3S/c1-3-4-9-14-15-12(21-7-11(18)19)17(9)6-5-10-13-8(2)16-20-10/h3-7H2,1-2H3,(H,18,19). The monoisotopic (exact) mass is 311 g/mol. The first-order valence-electron chi connectivity index (χ1n) is 6.66. The van der Waals surface area contributed by atoms with Crippen LogP contribution in [0, 0.1) is 6.92 Å². The van der Waals surface area contributed by atoms with Crippen LogP contribution in [0.2, 0.25) is 0 Å². The van der Waals surface area contributed by atoms with Gasteiger partial charge in [0.2, 0.25) is 5.89 Å². The van der Waals surface area contributed by atoms with Crippen molar-refractivity contribution in [1.82, 2.24) is 24.9 Å². The number of thioether (sulfide) groups is 1. The van der Waals surface area contributed by atoms with E-state index in [2.05, 4.69) is 27.3 Å². The molecule has 0 spiro atoms. The summed E-state index contributed by atoms with van der Waals surface area (Å²) in [5.74, 6) is 1.09. The van der Waals surface area contributed by atoms with E-state index in [9.17, 15) is 4.79 Å². The Morgan fingerprint density at radius 2 is 2.19 bits per heavy atom. The SMILES string of the molecule is CCCc1nnc(SCC(=O)O)n1CCc1nc(C)no1. The summed E-state index contributed by atoms with van der Waals surface area (Å²) in [6.45, 7) is 4.42. The highest BCUT2D eigenvalue weighted by atomic mass is 32.2. The highest BCUT2D eigenvalue weighted by Crippen LogP contribution is 2.18. The Bertz CT molecular complexity index is 610. The quantitative estimate of drug-likeness (QED) is 0.728. The van der Waals surface area contributed by atoms with Crippen molar-refractivity contribution in [3.63, 3.8) is 0 Å². The van der Waals surface area contributed by atoms with E-state index in [4.69, 9.17) is 9.63 Å². The van der Waals surface area contributed by atoms with Crippen molar-refractivity contribution in [2.24, 2.45) is 0 Å². The second kappa shape index (κ2) is 7.21. The summed E-state index contributed by atoms with van der Waals surface area (Å²) in [6.07, 6.45) is 2.31. The average Bonchev–Trinajstić information content (AvgIpc) is 3.01. The molecule has 0 unspecified atom stereocenters. The Kier molecular flexibility index (Phi) is 5.32. The lowest BCUT2D eigenvalue weighted by molar-refractivity contribution is -0.133. The van der Waals surface area contributed by atoms with E-state index in [1.807, 2.05) is 4.57 Å². The van der Waals surface area contributed by atoms with E-state index in [0.717, 1.165) is 18.7 Å². The van der Waals surface area contributed by atoms with Gasteiger partial charge in [-0.2, -0.15) is 4.98 Å². The second-order valence-corrected chi connectivity index (χ2v) is 5.41. The lowest BCUT2D eigenvalue weighted by Gasteiger charge is -2.07. The van der Waals surface area contributed by atoms with Gasteiger partial charge in [0.05, 0.1) is 5.75 Å². The molecule has 9 heteroatoms. The summed E-state index contributed by atoms with van der Waals surface area (Å²) >= 11 is 1.17. The molecule has 2 aromatic rings. The molecule has 0 atom stereocenters. The maximum atomic E-state index is 10.7. The number of hydrogen-bond donors (Lipinski definition) is 1. The molecule has 2 aromatic heterocycles. The lowest BCUT2D eigenvalue weighted by Crippen LogP contribution is -2.09. The molecule has 0 aromatic carbocycles. The fraction of sp³-hybridized carbons (Fsp3) is 0.583. The molecule has 0 fully saturated rings. The number of aromatic nitrogens is 5. The van der Waals surface area contributed by atoms with Crippen molar-refractivity contribution in [2.45, 2.75) is 44.8 Å². The summed E-state index contributed by atoms with van der Waals surface area (Å²) in [5, 5.41) is 21.3. The fourth-order valence-electron chi connectivity index (χ4n) is 1.83. The predicted molar refractivity (Wildman–Crippen MR) is 75.1 cm³/mol. The number of carboxylic acids is 1. The normalized spacial score (nSPS) is 11.0. The van der Waals surface area contributed by atoms with Crippen LogP contribution in [0.15, 0.2) is 9.68 Å². The number of aliphatic carboxylic acids is 1. The van der Waals surface area contributed by atoms with E-state index in [0.29, 0.717) is 29.8 Å². The minimum absolute atomic E-state index is 0.0378. The Labute approximate surface area is 125 Å². The molecule has 0 amide bonds. The summed E-state index contributed by atoms with van der Waals surface area (Å²) in [4.78, 5) is 14.8. The van der Waals surface area contributed by atoms with Gasteiger partial charge in [0.1, 0.15) is 5.82 Å². The van der Waals surface area contributed by atoms with Crippen LogP contribution in [0.3, 0.4) is 0 Å². The summed E-state index contributed by atoms with van der Waals surface area (Å²) < 4.78 is 7.01. The average molecular weight is 311 g/mol. The molecule has 0 saturated carbocycles. The van der Waals surface area contributed by atoms with Crippen LogP contribution in [-0.2, 0) is 24.2 Å². The molecule has 2 rings (SSSR count). The predicted octanol–water partition coefficient (Wildman–Crippen LogP) is 1.34. The van der Waals surface area contributed by atoms with Gasteiger partial charge in [0.15, 0.2) is 11.0 Å². The van der Waals surface area contributed by atoms with Crippen LogP contribution in [-0.4, -0.2) is 41.7 Å². The van der Waals surface area contributed by atoms with Crippen LogP contribution in [0.5, 0.6) is 0 Å². The number of aryl methyl sites for hydroxylation is 3. The molecule has 1 N–H and O–H groups in total. The molecule has 114 valence electrons. The molecular formula is C12H17N5O3S. The van der Waals surface area contributed by atoms with Crippen molar-refractivity contribution >= 4 is 17.7 Å². The van der Waals surface area contributed by atoms with Gasteiger partial charge >= 0.3 is 5.97 Å². The van der Waals surface area contributed by atoms with Crippen molar-refractivity contribution in [3.8, 4) is 0 Å². The van der Waals surface area contributed by atoms with Gasteiger partial charge in [-0.25, -0.2) is 0 Å². The molecule has 0 radical (unpaired) electrons. The first kappa shape index (κ1) is 15.5. The molecule has 0 aliphatic carbocycles. The minimum Gasteiger partial charge on any atom is -0.481 e. The Hall–Kier alpha value is -1.90. The molecule has 8 nitrogen and oxygen atoms in total. The van der Waals surface area contributed by atoms with Gasteiger partial charge in [-0.1, -0.05) is 23.8 Å². The third kappa shape index (κ3) is 4.28. The summed E-state index contributed by atoms with van der Waals surface area (Å²) in [6, 6.07) is 0. The van der Waals surface area contributed by atoms with Gasteiger partial charge in [0.25, 0.3) is 0 Å². The van der Waals surface area contributed by atoms with Gasteiger partial charge in [0, 0.05) is 19.4 Å². The number of nitrogens with zero attached hydrogens (tertiary/aromatic N) is 5. The zero-order valence-electron chi connectivity index (χ0n) is 11.9. The first-order chi connectivity index (χ1) is 10.1. The Morgan fingerprint density at radius 3 is 2.81 bits per heavy atom. The summed E-state index contributed by atoms with van der Waals surface area (Å²) in [7, 11) is 0. The van der Waals surface area contributed by atoms with E-state index < -0.39 is 5.97 Å². The molecular weight excluding hydrogens is 294 g/mol. The third-order valence-electron chi connectivity index (χ3n) is 2.71. The second-order valence-electron chi connectivity index (χ2n) is 4.47. The van der Waals surface area contributed by atoms with E-state index in [1.165, 1.54) is 11.8 Å². The van der Waals surface area contributed by atoms with Gasteiger partial charge in [-0.3, -0.25) is 4.79 Å². The molecule has 0 aliphatic rings. The smallest absolute Gasteiger partial charge is 0.313 e. The van der Waals surface area contributed by atoms with E-state index >= 15 is 0 Å². The maximum absolute atomic E-state index is 10.7. The first-order valence-corrected chi connectivity index (χ1v) is 7.64. The topological polar surface area (TPSA) is 107 Å². The molecule has 21 heavy (non-hydrogen) atoms. The lowest BCUT2D eigenvalue weighted by atomic mass is 10.3. The van der Waals surface area contributed by atoms with Crippen molar-refractivity contribution in [2.75, 3.05) is 5.75 Å². The highest BCUT2D eigenvalue weighted by molar-refractivity contribution is 7.99. The van der Waals surface area contributed by atoms with Crippen LogP contribution < -0.4 is 0 Å². The van der Waals surface area contributed by atoms with Crippen LogP contribution in [0.4, 0.5) is 0 Å². The van der Waals surface area contributed by atoms with Crippen molar-refractivity contribution < 1.29 is 14.4 Å². The molecule has 0 aliphatic heterocycles. The third-order valence-corrected chi connectivity index (χ3v) is 3.66.